The Kier molecular flexibility index (Phi) is 7.94. The van der Waals surface area contributed by atoms with E-state index in [0.29, 0.717) is 6.04 Å². The Labute approximate surface area is 116 Å². The number of para-hydroxylation sites is 1. The molecule has 0 spiro atoms. The molecule has 0 fully saturated rings. The van der Waals surface area contributed by atoms with Crippen LogP contribution < -0.4 is 10.1 Å². The van der Waals surface area contributed by atoms with E-state index in [0.717, 1.165) is 18.0 Å². The number of hydrogen-bond donors (Lipinski definition) is 1. The van der Waals surface area contributed by atoms with Crippen molar-refractivity contribution < 1.29 is 4.74 Å². The third kappa shape index (κ3) is 5.32. The van der Waals surface area contributed by atoms with Crippen LogP contribution in [0.1, 0.15) is 33.1 Å². The summed E-state index contributed by atoms with van der Waals surface area (Å²) in [5.74, 6) is 2.14. The molecule has 1 atom stereocenters. The quantitative estimate of drug-likeness (QED) is 0.540. The van der Waals surface area contributed by atoms with Crippen LogP contribution in [0.4, 0.5) is 0 Å². The molecule has 0 amide bonds. The maximum Gasteiger partial charge on any atom is 0.132 e. The summed E-state index contributed by atoms with van der Waals surface area (Å²) in [7, 11) is 1.73. The highest BCUT2D eigenvalue weighted by atomic mass is 32.2. The summed E-state index contributed by atoms with van der Waals surface area (Å²) in [5, 5.41) is 3.52. The average Bonchev–Trinajstić information content (AvgIpc) is 2.42. The predicted octanol–water partition coefficient (Wildman–Crippen LogP) is 3.96. The van der Waals surface area contributed by atoms with Gasteiger partial charge in [0.25, 0.3) is 0 Å². The number of methoxy groups -OCH3 is 1. The van der Waals surface area contributed by atoms with Gasteiger partial charge in [-0.2, -0.15) is 0 Å². The van der Waals surface area contributed by atoms with Crippen LogP contribution in [0, 0.1) is 0 Å². The summed E-state index contributed by atoms with van der Waals surface area (Å²) in [5.41, 5.74) is 0. The van der Waals surface area contributed by atoms with E-state index in [1.807, 2.05) is 23.9 Å². The molecule has 0 saturated carbocycles. The van der Waals surface area contributed by atoms with Crippen LogP contribution in [0.3, 0.4) is 0 Å². The highest BCUT2D eigenvalue weighted by Gasteiger charge is 2.05. The van der Waals surface area contributed by atoms with Gasteiger partial charge in [-0.3, -0.25) is 0 Å². The van der Waals surface area contributed by atoms with E-state index in [4.69, 9.17) is 4.74 Å². The van der Waals surface area contributed by atoms with Gasteiger partial charge < -0.3 is 10.1 Å². The zero-order chi connectivity index (χ0) is 13.2. The predicted molar refractivity (Wildman–Crippen MR) is 80.7 cm³/mol. The van der Waals surface area contributed by atoms with E-state index in [1.54, 1.807) is 7.11 Å². The van der Waals surface area contributed by atoms with E-state index < -0.39 is 0 Å². The van der Waals surface area contributed by atoms with Gasteiger partial charge in [-0.25, -0.2) is 0 Å². The molecule has 18 heavy (non-hydrogen) atoms. The van der Waals surface area contributed by atoms with Gasteiger partial charge in [0.1, 0.15) is 5.75 Å². The Morgan fingerprint density at radius 3 is 2.72 bits per heavy atom. The molecule has 0 bridgehead atoms. The molecule has 2 nitrogen and oxygen atoms in total. The minimum Gasteiger partial charge on any atom is -0.496 e. The van der Waals surface area contributed by atoms with Crippen LogP contribution >= 0.6 is 11.8 Å². The molecule has 1 aromatic rings. The van der Waals surface area contributed by atoms with Gasteiger partial charge >= 0.3 is 0 Å². The summed E-state index contributed by atoms with van der Waals surface area (Å²) < 4.78 is 5.35. The Morgan fingerprint density at radius 1 is 1.28 bits per heavy atom. The number of benzene rings is 1. The third-order valence-corrected chi connectivity index (χ3v) is 4.15. The van der Waals surface area contributed by atoms with Crippen LogP contribution in [-0.4, -0.2) is 25.4 Å². The monoisotopic (exact) mass is 267 g/mol. The molecule has 102 valence electrons. The van der Waals surface area contributed by atoms with E-state index in [1.165, 1.54) is 24.2 Å². The number of hydrogen-bond acceptors (Lipinski definition) is 3. The minimum absolute atomic E-state index is 0.674. The summed E-state index contributed by atoms with van der Waals surface area (Å²) in [6.07, 6.45) is 3.72. The number of thioether (sulfide) groups is 1. The molecule has 0 aromatic heterocycles. The van der Waals surface area contributed by atoms with Crippen molar-refractivity contribution in [2.24, 2.45) is 0 Å². The molecule has 1 aromatic carbocycles. The fourth-order valence-electron chi connectivity index (χ4n) is 1.99. The summed E-state index contributed by atoms with van der Waals surface area (Å²) in [6.45, 7) is 5.49. The summed E-state index contributed by atoms with van der Waals surface area (Å²) in [4.78, 5) is 1.25. The smallest absolute Gasteiger partial charge is 0.132 e. The van der Waals surface area contributed by atoms with Crippen molar-refractivity contribution in [1.29, 1.82) is 0 Å². The van der Waals surface area contributed by atoms with Gasteiger partial charge in [0, 0.05) is 10.9 Å². The van der Waals surface area contributed by atoms with Crippen LogP contribution in [0.25, 0.3) is 0 Å². The Balaban J connectivity index is 2.28. The van der Waals surface area contributed by atoms with Gasteiger partial charge in [0.05, 0.1) is 7.11 Å². The van der Waals surface area contributed by atoms with Crippen LogP contribution in [-0.2, 0) is 0 Å². The Bertz CT molecular complexity index is 330. The van der Waals surface area contributed by atoms with Crippen molar-refractivity contribution in [3.63, 3.8) is 0 Å². The maximum atomic E-state index is 5.35. The third-order valence-electron chi connectivity index (χ3n) is 3.01. The average molecular weight is 267 g/mol. The highest BCUT2D eigenvalue weighted by Crippen LogP contribution is 2.29. The number of rotatable bonds is 9. The molecule has 0 radical (unpaired) electrons. The van der Waals surface area contributed by atoms with Crippen LogP contribution in [0.2, 0.25) is 0 Å². The summed E-state index contributed by atoms with van der Waals surface area (Å²) >= 11 is 1.89. The second-order valence-electron chi connectivity index (χ2n) is 4.30. The fraction of sp³-hybridized carbons (Fsp3) is 0.600. The fourth-order valence-corrected chi connectivity index (χ4v) is 2.99. The van der Waals surface area contributed by atoms with Gasteiger partial charge in [-0.05, 0) is 43.7 Å². The molecule has 1 rings (SSSR count). The first kappa shape index (κ1) is 15.4. The van der Waals surface area contributed by atoms with Gasteiger partial charge in [0.15, 0.2) is 0 Å². The van der Waals surface area contributed by atoms with Gasteiger partial charge in [-0.15, -0.1) is 11.8 Å². The van der Waals surface area contributed by atoms with Crippen molar-refractivity contribution in [2.75, 3.05) is 19.4 Å². The van der Waals surface area contributed by atoms with Crippen LogP contribution in [0.5, 0.6) is 5.75 Å². The first-order valence-corrected chi connectivity index (χ1v) is 7.79. The number of nitrogens with one attached hydrogen (secondary N) is 1. The zero-order valence-electron chi connectivity index (χ0n) is 11.7. The van der Waals surface area contributed by atoms with Crippen molar-refractivity contribution >= 4 is 11.8 Å². The molecule has 3 heteroatoms. The van der Waals surface area contributed by atoms with Gasteiger partial charge in [-0.1, -0.05) is 26.0 Å². The van der Waals surface area contributed by atoms with E-state index in [2.05, 4.69) is 31.3 Å². The lowest BCUT2D eigenvalue weighted by atomic mass is 10.1. The SMILES string of the molecule is CCNC(CC)CCCSc1ccccc1OC. The lowest BCUT2D eigenvalue weighted by molar-refractivity contribution is 0.405. The van der Waals surface area contributed by atoms with Crippen LogP contribution in [0.15, 0.2) is 29.2 Å². The zero-order valence-corrected chi connectivity index (χ0v) is 12.6. The van der Waals surface area contributed by atoms with Crippen molar-refractivity contribution in [3.8, 4) is 5.75 Å². The molecule has 0 aliphatic rings. The van der Waals surface area contributed by atoms with Gasteiger partial charge in [0.2, 0.25) is 0 Å². The molecule has 0 saturated heterocycles. The molecule has 1 unspecified atom stereocenters. The first-order valence-electron chi connectivity index (χ1n) is 6.81. The molecule has 0 aliphatic heterocycles. The lowest BCUT2D eigenvalue weighted by Crippen LogP contribution is -2.28. The van der Waals surface area contributed by atoms with E-state index >= 15 is 0 Å². The van der Waals surface area contributed by atoms with Crippen molar-refractivity contribution in [3.05, 3.63) is 24.3 Å². The first-order chi connectivity index (χ1) is 8.81. The largest absolute Gasteiger partial charge is 0.496 e. The Hall–Kier alpha value is -0.670. The van der Waals surface area contributed by atoms with Crippen molar-refractivity contribution in [1.82, 2.24) is 5.32 Å². The maximum absolute atomic E-state index is 5.35. The molecule has 0 heterocycles. The second kappa shape index (κ2) is 9.29. The lowest BCUT2D eigenvalue weighted by Gasteiger charge is -2.15. The normalized spacial score (nSPS) is 12.4. The Morgan fingerprint density at radius 2 is 2.06 bits per heavy atom. The topological polar surface area (TPSA) is 21.3 Å². The molecular formula is C15H25NOS. The number of ether oxygens (including phenoxy) is 1. The van der Waals surface area contributed by atoms with E-state index in [-0.39, 0.29) is 0 Å². The van der Waals surface area contributed by atoms with E-state index in [9.17, 15) is 0 Å². The minimum atomic E-state index is 0.674. The molecule has 0 aliphatic carbocycles. The summed E-state index contributed by atoms with van der Waals surface area (Å²) in [6, 6.07) is 8.91. The second-order valence-corrected chi connectivity index (χ2v) is 5.44. The molecular weight excluding hydrogens is 242 g/mol. The standard InChI is InChI=1S/C15H25NOS/c1-4-13(16-5-2)9-8-12-18-15-11-7-6-10-14(15)17-3/h6-7,10-11,13,16H,4-5,8-9,12H2,1-3H3. The molecule has 1 N–H and O–H groups in total. The van der Waals surface area contributed by atoms with Crippen molar-refractivity contribution in [2.45, 2.75) is 44.0 Å². The highest BCUT2D eigenvalue weighted by molar-refractivity contribution is 7.99.